The van der Waals surface area contributed by atoms with Crippen molar-refractivity contribution in [3.63, 3.8) is 0 Å². The van der Waals surface area contributed by atoms with Gasteiger partial charge in [0, 0.05) is 25.2 Å². The van der Waals surface area contributed by atoms with E-state index >= 15 is 0 Å². The van der Waals surface area contributed by atoms with Crippen LogP contribution in [0.5, 0.6) is 17.2 Å². The van der Waals surface area contributed by atoms with Crippen LogP contribution in [0.1, 0.15) is 22.6 Å². The molecule has 12 nitrogen and oxygen atoms in total. The minimum atomic E-state index is -2.21. The number of carbonyl (C=O) groups excluding carboxylic acids is 1. The van der Waals surface area contributed by atoms with Crippen molar-refractivity contribution < 1.29 is 58.4 Å². The standard InChI is InChI=1S/C33H36O12/c1-39-22-14-20(43-31-30(41-3)42-17-24(44-31)21(35)16-34)15-23-27(22)32(38)28(36)25(29(37)40-2)26(18-10-6-4-7-11-18)33(32,45-23)19-12-8-5-9-13-19/h4-15,21,24-26,28,30-31,34-36,38H,16-17H2,1-3H3/t21-,24-,25-,26-,28-,30-,31-,32+,33+/m1/s1. The number of esters is 1. The first-order chi connectivity index (χ1) is 21.7. The molecule has 0 aromatic heterocycles. The van der Waals surface area contributed by atoms with E-state index in [1.165, 1.54) is 33.5 Å². The molecular weight excluding hydrogens is 588 g/mol. The van der Waals surface area contributed by atoms with E-state index in [9.17, 15) is 25.2 Å². The third kappa shape index (κ3) is 4.76. The number of aliphatic hydroxyl groups is 4. The summed E-state index contributed by atoms with van der Waals surface area (Å²) in [7, 11) is 4.03. The summed E-state index contributed by atoms with van der Waals surface area (Å²) in [5.41, 5.74) is -2.66. The maximum absolute atomic E-state index is 13.4. The highest BCUT2D eigenvalue weighted by Gasteiger charge is 2.78. The Bertz CT molecular complexity index is 1500. The Hall–Kier alpha value is -3.75. The number of methoxy groups -OCH3 is 3. The highest BCUT2D eigenvalue weighted by atomic mass is 16.8. The quantitative estimate of drug-likeness (QED) is 0.255. The number of fused-ring (bicyclic) bond motifs is 3. The van der Waals surface area contributed by atoms with Crippen LogP contribution in [0.25, 0.3) is 0 Å². The van der Waals surface area contributed by atoms with E-state index in [2.05, 4.69) is 0 Å². The van der Waals surface area contributed by atoms with Crippen LogP contribution < -0.4 is 14.2 Å². The summed E-state index contributed by atoms with van der Waals surface area (Å²) in [4.78, 5) is 13.4. The molecule has 2 aliphatic heterocycles. The summed E-state index contributed by atoms with van der Waals surface area (Å²) >= 11 is 0. The Balaban J connectivity index is 1.51. The van der Waals surface area contributed by atoms with Gasteiger partial charge in [0.2, 0.25) is 6.29 Å². The fourth-order valence-corrected chi connectivity index (χ4v) is 6.96. The van der Waals surface area contributed by atoms with Crippen LogP contribution in [0.2, 0.25) is 0 Å². The predicted octanol–water partition coefficient (Wildman–Crippen LogP) is 1.56. The zero-order chi connectivity index (χ0) is 31.9. The normalized spacial score (nSPS) is 32.6. The zero-order valence-corrected chi connectivity index (χ0v) is 24.9. The van der Waals surface area contributed by atoms with Crippen molar-refractivity contribution in [3.05, 3.63) is 89.5 Å². The molecule has 3 aromatic carbocycles. The summed E-state index contributed by atoms with van der Waals surface area (Å²) in [6.45, 7) is -0.583. The van der Waals surface area contributed by atoms with E-state index in [1.54, 1.807) is 36.4 Å². The van der Waals surface area contributed by atoms with Crippen LogP contribution in [0.3, 0.4) is 0 Å². The largest absolute Gasteiger partial charge is 0.496 e. The first-order valence-corrected chi connectivity index (χ1v) is 14.5. The van der Waals surface area contributed by atoms with Gasteiger partial charge >= 0.3 is 5.97 Å². The van der Waals surface area contributed by atoms with Crippen molar-refractivity contribution in [1.82, 2.24) is 0 Å². The van der Waals surface area contributed by atoms with Gasteiger partial charge in [-0.05, 0) is 11.1 Å². The Morgan fingerprint density at radius 2 is 1.71 bits per heavy atom. The third-order valence-electron chi connectivity index (χ3n) is 8.93. The van der Waals surface area contributed by atoms with Crippen LogP contribution >= 0.6 is 0 Å². The molecule has 0 radical (unpaired) electrons. The molecule has 3 aromatic rings. The number of carbonyl (C=O) groups is 1. The van der Waals surface area contributed by atoms with Crippen molar-refractivity contribution in [1.29, 1.82) is 0 Å². The van der Waals surface area contributed by atoms with Crippen LogP contribution in [-0.4, -0.2) is 91.8 Å². The Morgan fingerprint density at radius 1 is 1.02 bits per heavy atom. The van der Waals surface area contributed by atoms with E-state index in [4.69, 9.17) is 33.2 Å². The second-order valence-corrected chi connectivity index (χ2v) is 11.2. The molecule has 4 N–H and O–H groups in total. The highest BCUT2D eigenvalue weighted by molar-refractivity contribution is 5.78. The van der Waals surface area contributed by atoms with Crippen LogP contribution in [-0.2, 0) is 34.9 Å². The smallest absolute Gasteiger partial charge is 0.312 e. The topological polar surface area (TPSA) is 163 Å². The minimum Gasteiger partial charge on any atom is -0.496 e. The Morgan fingerprint density at radius 3 is 2.33 bits per heavy atom. The number of aliphatic hydroxyl groups excluding tert-OH is 3. The van der Waals surface area contributed by atoms with E-state index in [1.807, 2.05) is 24.3 Å². The molecule has 1 aliphatic carbocycles. The Labute approximate surface area is 259 Å². The third-order valence-corrected chi connectivity index (χ3v) is 8.93. The maximum Gasteiger partial charge on any atom is 0.312 e. The molecule has 0 bridgehead atoms. The van der Waals surface area contributed by atoms with E-state index in [0.717, 1.165) is 0 Å². The van der Waals surface area contributed by atoms with Crippen molar-refractivity contribution in [3.8, 4) is 17.2 Å². The van der Waals surface area contributed by atoms with Crippen molar-refractivity contribution >= 4 is 5.97 Å². The first kappa shape index (κ1) is 31.2. The number of benzene rings is 3. The molecule has 45 heavy (non-hydrogen) atoms. The lowest BCUT2D eigenvalue weighted by molar-refractivity contribution is -0.324. The fraction of sp³-hybridized carbons (Fsp3) is 0.424. The summed E-state index contributed by atoms with van der Waals surface area (Å²) in [5.74, 6) is -2.43. The van der Waals surface area contributed by atoms with Gasteiger partial charge in [0.15, 0.2) is 11.2 Å². The number of hydrogen-bond acceptors (Lipinski definition) is 12. The number of hydrogen-bond donors (Lipinski definition) is 4. The SMILES string of the molecule is COC(=O)[C@H]1[C@@H](O)[C@@]2(O)c3c(OC)cc(O[C@@H]4O[C@@H]([C@H](O)CO)CO[C@H]4OC)cc3O[C@@]2(c2ccccc2)[C@@H]1c1ccccc1. The van der Waals surface area contributed by atoms with Crippen LogP contribution in [0, 0.1) is 5.92 Å². The number of ether oxygens (including phenoxy) is 7. The molecule has 12 heteroatoms. The average Bonchev–Trinajstić information content (AvgIpc) is 3.46. The van der Waals surface area contributed by atoms with E-state index < -0.39 is 66.5 Å². The van der Waals surface area contributed by atoms with Gasteiger partial charge in [-0.2, -0.15) is 0 Å². The summed E-state index contributed by atoms with van der Waals surface area (Å²) in [5, 5.41) is 44.5. The second kappa shape index (κ2) is 12.2. The Kier molecular flexibility index (Phi) is 8.48. The van der Waals surface area contributed by atoms with Gasteiger partial charge < -0.3 is 53.6 Å². The molecule has 1 saturated heterocycles. The molecule has 3 aliphatic rings. The molecular formula is C33H36O12. The molecule has 1 saturated carbocycles. The molecule has 2 fully saturated rings. The summed E-state index contributed by atoms with van der Waals surface area (Å²) in [6.07, 6.45) is -5.94. The highest BCUT2D eigenvalue weighted by Crippen LogP contribution is 2.70. The van der Waals surface area contributed by atoms with Crippen molar-refractivity contribution in [2.45, 2.75) is 48.0 Å². The zero-order valence-electron chi connectivity index (χ0n) is 24.9. The van der Waals surface area contributed by atoms with Crippen molar-refractivity contribution in [2.24, 2.45) is 5.92 Å². The van der Waals surface area contributed by atoms with Crippen LogP contribution in [0.15, 0.2) is 72.8 Å². The van der Waals surface area contributed by atoms with E-state index in [0.29, 0.717) is 11.1 Å². The molecule has 0 spiro atoms. The van der Waals surface area contributed by atoms with Gasteiger partial charge in [-0.3, -0.25) is 4.79 Å². The monoisotopic (exact) mass is 624 g/mol. The van der Waals surface area contributed by atoms with Gasteiger partial charge in [0.05, 0.1) is 38.9 Å². The minimum absolute atomic E-state index is 0.0382. The molecule has 9 atom stereocenters. The van der Waals surface area contributed by atoms with Gasteiger partial charge in [-0.25, -0.2) is 0 Å². The molecule has 6 rings (SSSR count). The lowest BCUT2D eigenvalue weighted by atomic mass is 9.70. The second-order valence-electron chi connectivity index (χ2n) is 11.2. The summed E-state index contributed by atoms with van der Waals surface area (Å²) < 4.78 is 40.7. The van der Waals surface area contributed by atoms with E-state index in [-0.39, 0.29) is 29.4 Å². The average molecular weight is 625 g/mol. The van der Waals surface area contributed by atoms with Gasteiger partial charge in [0.1, 0.15) is 35.6 Å². The predicted molar refractivity (Wildman–Crippen MR) is 155 cm³/mol. The summed E-state index contributed by atoms with van der Waals surface area (Å²) in [6, 6.07) is 21.0. The maximum atomic E-state index is 13.4. The molecule has 0 amide bonds. The molecule has 240 valence electrons. The molecule has 0 unspecified atom stereocenters. The first-order valence-electron chi connectivity index (χ1n) is 14.5. The van der Waals surface area contributed by atoms with Gasteiger partial charge in [-0.1, -0.05) is 60.7 Å². The lowest BCUT2D eigenvalue weighted by Crippen LogP contribution is -2.52. The fourth-order valence-electron chi connectivity index (χ4n) is 6.96. The van der Waals surface area contributed by atoms with Crippen LogP contribution in [0.4, 0.5) is 0 Å². The van der Waals surface area contributed by atoms with Gasteiger partial charge in [-0.15, -0.1) is 0 Å². The van der Waals surface area contributed by atoms with Gasteiger partial charge in [0.25, 0.3) is 6.29 Å². The number of rotatable bonds is 9. The molecule has 2 heterocycles. The van der Waals surface area contributed by atoms with Crippen molar-refractivity contribution in [2.75, 3.05) is 34.5 Å². The lowest BCUT2D eigenvalue weighted by Gasteiger charge is -2.40.